The SMILES string of the molecule is O=C(CSC1CCS(=O)(=O)C1)NCC1CCCC1C(=O)O. The first-order valence-corrected chi connectivity index (χ1v) is 10.1. The number of sulfone groups is 1. The standard InChI is InChI=1S/C13H21NO5S2/c15-12(7-20-10-4-5-21(18,19)8-10)14-6-9-2-1-3-11(9)13(16)17/h9-11H,1-8H2,(H,14,15)(H,16,17). The maximum atomic E-state index is 11.8. The molecule has 1 aliphatic heterocycles. The second-order valence-electron chi connectivity index (χ2n) is 5.78. The van der Waals surface area contributed by atoms with Gasteiger partial charge in [-0.3, -0.25) is 9.59 Å². The number of hydrogen-bond acceptors (Lipinski definition) is 5. The maximum Gasteiger partial charge on any atom is 0.306 e. The quantitative estimate of drug-likeness (QED) is 0.734. The Morgan fingerprint density at radius 2 is 2.00 bits per heavy atom. The van der Waals surface area contributed by atoms with E-state index in [1.165, 1.54) is 11.8 Å². The van der Waals surface area contributed by atoms with Gasteiger partial charge in [-0.15, -0.1) is 11.8 Å². The van der Waals surface area contributed by atoms with Crippen molar-refractivity contribution in [3.63, 3.8) is 0 Å². The highest BCUT2D eigenvalue weighted by Crippen LogP contribution is 2.31. The second kappa shape index (κ2) is 7.00. The fourth-order valence-electron chi connectivity index (χ4n) is 2.99. The molecule has 2 aliphatic rings. The number of carbonyl (C=O) groups is 2. The largest absolute Gasteiger partial charge is 0.481 e. The van der Waals surface area contributed by atoms with Gasteiger partial charge in [-0.2, -0.15) is 0 Å². The molecule has 1 saturated carbocycles. The van der Waals surface area contributed by atoms with Gasteiger partial charge in [-0.05, 0) is 25.2 Å². The predicted octanol–water partition coefficient (Wildman–Crippen LogP) is 0.524. The van der Waals surface area contributed by atoms with Crippen LogP contribution >= 0.6 is 11.8 Å². The molecule has 1 heterocycles. The summed E-state index contributed by atoms with van der Waals surface area (Å²) in [5.74, 6) is -0.632. The van der Waals surface area contributed by atoms with Gasteiger partial charge in [0.05, 0.1) is 23.2 Å². The number of carboxylic acids is 1. The lowest BCUT2D eigenvalue weighted by molar-refractivity contribution is -0.143. The van der Waals surface area contributed by atoms with Gasteiger partial charge in [0.1, 0.15) is 0 Å². The molecule has 8 heteroatoms. The van der Waals surface area contributed by atoms with E-state index in [4.69, 9.17) is 5.11 Å². The van der Waals surface area contributed by atoms with Crippen LogP contribution in [0, 0.1) is 11.8 Å². The molecule has 2 rings (SSSR count). The number of nitrogens with one attached hydrogen (secondary N) is 1. The smallest absolute Gasteiger partial charge is 0.306 e. The van der Waals surface area contributed by atoms with E-state index in [2.05, 4.69) is 5.32 Å². The molecule has 0 aromatic carbocycles. The summed E-state index contributed by atoms with van der Waals surface area (Å²) >= 11 is 1.38. The first kappa shape index (κ1) is 16.6. The van der Waals surface area contributed by atoms with E-state index in [1.54, 1.807) is 0 Å². The molecular weight excluding hydrogens is 314 g/mol. The lowest BCUT2D eigenvalue weighted by Gasteiger charge is -2.16. The molecule has 0 radical (unpaired) electrons. The monoisotopic (exact) mass is 335 g/mol. The summed E-state index contributed by atoms with van der Waals surface area (Å²) in [6.07, 6.45) is 3.03. The Kier molecular flexibility index (Phi) is 5.54. The van der Waals surface area contributed by atoms with Crippen molar-refractivity contribution in [2.45, 2.75) is 30.9 Å². The van der Waals surface area contributed by atoms with Crippen LogP contribution in [0.2, 0.25) is 0 Å². The van der Waals surface area contributed by atoms with E-state index >= 15 is 0 Å². The molecule has 0 aromatic heterocycles. The van der Waals surface area contributed by atoms with Crippen molar-refractivity contribution in [3.05, 3.63) is 0 Å². The second-order valence-corrected chi connectivity index (χ2v) is 9.29. The first-order valence-electron chi connectivity index (χ1n) is 7.19. The molecule has 0 spiro atoms. The highest BCUT2D eigenvalue weighted by molar-refractivity contribution is 8.02. The Morgan fingerprint density at radius 3 is 2.62 bits per heavy atom. The van der Waals surface area contributed by atoms with Crippen molar-refractivity contribution in [1.82, 2.24) is 5.32 Å². The van der Waals surface area contributed by atoms with Crippen molar-refractivity contribution in [1.29, 1.82) is 0 Å². The minimum atomic E-state index is -2.90. The minimum Gasteiger partial charge on any atom is -0.481 e. The molecule has 120 valence electrons. The average molecular weight is 335 g/mol. The zero-order valence-electron chi connectivity index (χ0n) is 11.8. The van der Waals surface area contributed by atoms with Gasteiger partial charge in [-0.1, -0.05) is 6.42 Å². The van der Waals surface area contributed by atoms with Gasteiger partial charge in [0.2, 0.25) is 5.91 Å². The van der Waals surface area contributed by atoms with Crippen LogP contribution in [0.3, 0.4) is 0 Å². The molecule has 3 unspecified atom stereocenters. The van der Waals surface area contributed by atoms with Crippen LogP contribution in [-0.2, 0) is 19.4 Å². The van der Waals surface area contributed by atoms with Gasteiger partial charge in [0, 0.05) is 11.8 Å². The van der Waals surface area contributed by atoms with Crippen LogP contribution in [0.15, 0.2) is 0 Å². The first-order chi connectivity index (χ1) is 9.87. The molecule has 21 heavy (non-hydrogen) atoms. The zero-order chi connectivity index (χ0) is 15.5. The summed E-state index contributed by atoms with van der Waals surface area (Å²) in [6, 6.07) is 0. The van der Waals surface area contributed by atoms with E-state index < -0.39 is 15.8 Å². The van der Waals surface area contributed by atoms with Crippen molar-refractivity contribution in [3.8, 4) is 0 Å². The van der Waals surface area contributed by atoms with Crippen LogP contribution in [0.25, 0.3) is 0 Å². The van der Waals surface area contributed by atoms with E-state index in [9.17, 15) is 18.0 Å². The van der Waals surface area contributed by atoms with Gasteiger partial charge in [0.25, 0.3) is 0 Å². The van der Waals surface area contributed by atoms with Crippen molar-refractivity contribution in [2.75, 3.05) is 23.8 Å². The highest BCUT2D eigenvalue weighted by atomic mass is 32.2. The van der Waals surface area contributed by atoms with Gasteiger partial charge in [-0.25, -0.2) is 8.42 Å². The Hall–Kier alpha value is -0.760. The number of amides is 1. The van der Waals surface area contributed by atoms with Crippen molar-refractivity contribution in [2.24, 2.45) is 11.8 Å². The van der Waals surface area contributed by atoms with E-state index in [-0.39, 0.29) is 40.3 Å². The Morgan fingerprint density at radius 1 is 1.24 bits per heavy atom. The van der Waals surface area contributed by atoms with Crippen LogP contribution in [0.1, 0.15) is 25.7 Å². The summed E-state index contributed by atoms with van der Waals surface area (Å²) in [5, 5.41) is 11.9. The molecule has 0 bridgehead atoms. The summed E-state index contributed by atoms with van der Waals surface area (Å²) in [4.78, 5) is 22.8. The number of aliphatic carboxylic acids is 1. The van der Waals surface area contributed by atoms with Crippen LogP contribution in [-0.4, -0.2) is 54.5 Å². The molecule has 0 aromatic rings. The number of carboxylic acid groups (broad SMARTS) is 1. The molecule has 1 aliphatic carbocycles. The molecule has 3 atom stereocenters. The van der Waals surface area contributed by atoms with E-state index in [0.29, 0.717) is 19.4 Å². The van der Waals surface area contributed by atoms with Gasteiger partial charge < -0.3 is 10.4 Å². The molecule has 1 amide bonds. The van der Waals surface area contributed by atoms with E-state index in [0.717, 1.165) is 12.8 Å². The fourth-order valence-corrected chi connectivity index (χ4v) is 6.46. The fraction of sp³-hybridized carbons (Fsp3) is 0.846. The molecule has 1 saturated heterocycles. The average Bonchev–Trinajstić information content (AvgIpc) is 3.00. The van der Waals surface area contributed by atoms with Gasteiger partial charge in [0.15, 0.2) is 9.84 Å². The minimum absolute atomic E-state index is 0.0130. The Bertz CT molecular complexity index is 505. The van der Waals surface area contributed by atoms with Crippen LogP contribution < -0.4 is 5.32 Å². The molecular formula is C13H21NO5S2. The normalized spacial score (nSPS) is 31.1. The van der Waals surface area contributed by atoms with Crippen LogP contribution in [0.4, 0.5) is 0 Å². The summed E-state index contributed by atoms with van der Waals surface area (Å²) in [6.45, 7) is 0.402. The number of hydrogen-bond donors (Lipinski definition) is 2. The van der Waals surface area contributed by atoms with Crippen molar-refractivity contribution < 1.29 is 23.1 Å². The molecule has 6 nitrogen and oxygen atoms in total. The molecule has 2 N–H and O–H groups in total. The Labute approximate surface area is 129 Å². The third kappa shape index (κ3) is 4.88. The lowest BCUT2D eigenvalue weighted by Crippen LogP contribution is -2.34. The van der Waals surface area contributed by atoms with Crippen molar-refractivity contribution >= 4 is 33.5 Å². The predicted molar refractivity (Wildman–Crippen MR) is 81.0 cm³/mol. The third-order valence-electron chi connectivity index (χ3n) is 4.18. The Balaban J connectivity index is 1.67. The topological polar surface area (TPSA) is 101 Å². The number of carbonyl (C=O) groups excluding carboxylic acids is 1. The summed E-state index contributed by atoms with van der Waals surface area (Å²) < 4.78 is 22.6. The van der Waals surface area contributed by atoms with Crippen LogP contribution in [0.5, 0.6) is 0 Å². The maximum absolute atomic E-state index is 11.8. The lowest BCUT2D eigenvalue weighted by atomic mass is 9.96. The zero-order valence-corrected chi connectivity index (χ0v) is 13.4. The number of rotatable bonds is 6. The summed E-state index contributed by atoms with van der Waals surface area (Å²) in [5.41, 5.74) is 0. The summed E-state index contributed by atoms with van der Waals surface area (Å²) in [7, 11) is -2.90. The highest BCUT2D eigenvalue weighted by Gasteiger charge is 2.33. The van der Waals surface area contributed by atoms with E-state index in [1.807, 2.05) is 0 Å². The molecule has 2 fully saturated rings. The third-order valence-corrected chi connectivity index (χ3v) is 7.46. The van der Waals surface area contributed by atoms with Gasteiger partial charge >= 0.3 is 5.97 Å². The number of thioether (sulfide) groups is 1.